The van der Waals surface area contributed by atoms with E-state index in [4.69, 9.17) is 33.7 Å². The molecule has 0 radical (unpaired) electrons. The molecule has 2 aromatic rings. The van der Waals surface area contributed by atoms with Crippen molar-refractivity contribution in [2.75, 3.05) is 7.11 Å². The molecular formula is C18H21Cl2N3O2. The monoisotopic (exact) mass is 381 g/mol. The first-order chi connectivity index (χ1) is 11.9. The molecule has 0 aliphatic carbocycles. The quantitative estimate of drug-likeness (QED) is 0.563. The number of pyridine rings is 1. The van der Waals surface area contributed by atoms with Crippen molar-refractivity contribution in [1.29, 1.82) is 0 Å². The molecule has 0 aliphatic heterocycles. The minimum Gasteiger partial charge on any atom is -0.481 e. The van der Waals surface area contributed by atoms with E-state index in [1.165, 1.54) is 6.20 Å². The van der Waals surface area contributed by atoms with Crippen molar-refractivity contribution in [3.63, 3.8) is 0 Å². The molecule has 0 unspecified atom stereocenters. The SMILES string of the molecule is CCC/C(Cl)=C(CC(=O)c1ccc(OC)n2nc(C)cc12)\C(Cl)=C/N. The lowest BCUT2D eigenvalue weighted by atomic mass is 10.0. The highest BCUT2D eigenvalue weighted by molar-refractivity contribution is 6.36. The molecule has 2 N–H and O–H groups in total. The van der Waals surface area contributed by atoms with Crippen LogP contribution in [0.3, 0.4) is 0 Å². The fourth-order valence-corrected chi connectivity index (χ4v) is 3.18. The number of ketones is 1. The molecule has 0 saturated heterocycles. The van der Waals surface area contributed by atoms with Gasteiger partial charge in [0.15, 0.2) is 5.78 Å². The molecule has 2 heterocycles. The zero-order valence-electron chi connectivity index (χ0n) is 14.5. The number of aromatic nitrogens is 2. The third-order valence-corrected chi connectivity index (χ3v) is 4.56. The molecule has 25 heavy (non-hydrogen) atoms. The van der Waals surface area contributed by atoms with E-state index in [-0.39, 0.29) is 12.2 Å². The molecule has 2 rings (SSSR count). The second-order valence-electron chi connectivity index (χ2n) is 5.62. The average molecular weight is 382 g/mol. The van der Waals surface area contributed by atoms with Crippen LogP contribution in [0.1, 0.15) is 42.2 Å². The van der Waals surface area contributed by atoms with Gasteiger partial charge in [-0.25, -0.2) is 4.52 Å². The molecule has 134 valence electrons. The van der Waals surface area contributed by atoms with Gasteiger partial charge in [-0.3, -0.25) is 4.79 Å². The first-order valence-corrected chi connectivity index (χ1v) is 8.70. The van der Waals surface area contributed by atoms with Gasteiger partial charge in [-0.1, -0.05) is 36.5 Å². The largest absolute Gasteiger partial charge is 0.481 e. The summed E-state index contributed by atoms with van der Waals surface area (Å²) in [4.78, 5) is 12.9. The Morgan fingerprint density at radius 3 is 2.72 bits per heavy atom. The van der Waals surface area contributed by atoms with Crippen LogP contribution in [0.15, 0.2) is 40.0 Å². The Labute approximate surface area is 157 Å². The Morgan fingerprint density at radius 1 is 1.40 bits per heavy atom. The lowest BCUT2D eigenvalue weighted by molar-refractivity contribution is 0.0994. The van der Waals surface area contributed by atoms with E-state index in [2.05, 4.69) is 5.10 Å². The normalized spacial score (nSPS) is 13.1. The van der Waals surface area contributed by atoms with Gasteiger partial charge in [0, 0.05) is 29.3 Å². The van der Waals surface area contributed by atoms with Crippen LogP contribution < -0.4 is 10.5 Å². The number of rotatable bonds is 7. The van der Waals surface area contributed by atoms with Crippen LogP contribution in [0.4, 0.5) is 0 Å². The lowest BCUT2D eigenvalue weighted by Gasteiger charge is -2.11. The molecule has 0 amide bonds. The molecule has 5 nitrogen and oxygen atoms in total. The van der Waals surface area contributed by atoms with Gasteiger partial charge in [-0.15, -0.1) is 0 Å². The third kappa shape index (κ3) is 4.17. The molecule has 0 spiro atoms. The summed E-state index contributed by atoms with van der Waals surface area (Å²) < 4.78 is 6.91. The molecule has 0 aliphatic rings. The number of nitrogens with two attached hydrogens (primary N) is 1. The summed E-state index contributed by atoms with van der Waals surface area (Å²) in [5.41, 5.74) is 8.08. The maximum Gasteiger partial charge on any atom is 0.214 e. The van der Waals surface area contributed by atoms with E-state index >= 15 is 0 Å². The van der Waals surface area contributed by atoms with Gasteiger partial charge in [0.25, 0.3) is 0 Å². The number of carbonyl (C=O) groups is 1. The highest BCUT2D eigenvalue weighted by Crippen LogP contribution is 2.30. The highest BCUT2D eigenvalue weighted by atomic mass is 35.5. The predicted octanol–water partition coefficient (Wildman–Crippen LogP) is 4.56. The number of hydrogen-bond donors (Lipinski definition) is 1. The first-order valence-electron chi connectivity index (χ1n) is 7.94. The van der Waals surface area contributed by atoms with Crippen LogP contribution in [-0.2, 0) is 0 Å². The van der Waals surface area contributed by atoms with E-state index in [0.717, 1.165) is 12.1 Å². The topological polar surface area (TPSA) is 69.6 Å². The fraction of sp³-hybridized carbons (Fsp3) is 0.333. The number of hydrogen-bond acceptors (Lipinski definition) is 4. The Bertz CT molecular complexity index is 853. The summed E-state index contributed by atoms with van der Waals surface area (Å²) in [6.45, 7) is 3.86. The maximum absolute atomic E-state index is 12.9. The van der Waals surface area contributed by atoms with Gasteiger partial charge in [0.1, 0.15) is 0 Å². The van der Waals surface area contributed by atoms with Crippen LogP contribution in [-0.4, -0.2) is 22.5 Å². The number of carbonyl (C=O) groups excluding carboxylic acids is 1. The van der Waals surface area contributed by atoms with Crippen molar-refractivity contribution in [2.24, 2.45) is 5.73 Å². The number of halogens is 2. The molecule has 7 heteroatoms. The van der Waals surface area contributed by atoms with Gasteiger partial charge >= 0.3 is 0 Å². The van der Waals surface area contributed by atoms with E-state index in [9.17, 15) is 4.79 Å². The summed E-state index contributed by atoms with van der Waals surface area (Å²) in [6, 6.07) is 5.28. The number of nitrogens with zero attached hydrogens (tertiary/aromatic N) is 2. The van der Waals surface area contributed by atoms with Gasteiger partial charge in [-0.05, 0) is 31.1 Å². The van der Waals surface area contributed by atoms with Crippen molar-refractivity contribution >= 4 is 34.5 Å². The van der Waals surface area contributed by atoms with E-state index in [1.54, 1.807) is 23.8 Å². The number of methoxy groups -OCH3 is 1. The van der Waals surface area contributed by atoms with Crippen molar-refractivity contribution < 1.29 is 9.53 Å². The molecule has 0 saturated carbocycles. The number of ether oxygens (including phenoxy) is 1. The van der Waals surface area contributed by atoms with Gasteiger partial charge in [-0.2, -0.15) is 5.10 Å². The average Bonchev–Trinajstić information content (AvgIpc) is 2.99. The minimum absolute atomic E-state index is 0.0670. The van der Waals surface area contributed by atoms with Crippen LogP contribution in [0.25, 0.3) is 5.52 Å². The van der Waals surface area contributed by atoms with Crippen molar-refractivity contribution in [3.8, 4) is 5.88 Å². The number of Topliss-reactive ketones (excluding diaryl/α,β-unsaturated/α-hetero) is 1. The number of aryl methyl sites for hydroxylation is 1. The van der Waals surface area contributed by atoms with Gasteiger partial charge in [0.05, 0.1) is 23.4 Å². The van der Waals surface area contributed by atoms with Gasteiger partial charge in [0.2, 0.25) is 5.88 Å². The van der Waals surface area contributed by atoms with Crippen LogP contribution in [0, 0.1) is 6.92 Å². The number of fused-ring (bicyclic) bond motifs is 1. The highest BCUT2D eigenvalue weighted by Gasteiger charge is 2.19. The van der Waals surface area contributed by atoms with Crippen molar-refractivity contribution in [3.05, 3.63) is 51.3 Å². The van der Waals surface area contributed by atoms with E-state index in [1.807, 2.05) is 19.9 Å². The van der Waals surface area contributed by atoms with Crippen LogP contribution >= 0.6 is 23.2 Å². The molecule has 0 bridgehead atoms. The minimum atomic E-state index is -0.114. The van der Waals surface area contributed by atoms with Crippen molar-refractivity contribution in [2.45, 2.75) is 33.1 Å². The Morgan fingerprint density at radius 2 is 2.12 bits per heavy atom. The van der Waals surface area contributed by atoms with E-state index < -0.39 is 0 Å². The first kappa shape index (κ1) is 19.3. The third-order valence-electron chi connectivity index (χ3n) is 3.79. The Kier molecular flexibility index (Phi) is 6.51. The van der Waals surface area contributed by atoms with Gasteiger partial charge < -0.3 is 10.5 Å². The predicted molar refractivity (Wildman–Crippen MR) is 101 cm³/mol. The summed E-state index contributed by atoms with van der Waals surface area (Å²) in [7, 11) is 1.56. The fourth-order valence-electron chi connectivity index (χ4n) is 2.60. The zero-order chi connectivity index (χ0) is 18.6. The molecule has 2 aromatic heterocycles. The van der Waals surface area contributed by atoms with E-state index in [0.29, 0.717) is 39.0 Å². The maximum atomic E-state index is 12.9. The molecule has 0 aromatic carbocycles. The van der Waals surface area contributed by atoms with Crippen molar-refractivity contribution in [1.82, 2.24) is 9.61 Å². The Hall–Kier alpha value is -1.98. The zero-order valence-corrected chi connectivity index (χ0v) is 16.0. The standard InChI is InChI=1S/C18H21Cl2N3O2/c1-4-5-14(19)13(15(20)10-21)9-17(24)12-6-7-18(25-3)23-16(12)8-11(2)22-23/h6-8,10H,4-5,9,21H2,1-3H3/b14-13+,15-10+. The van der Waals surface area contributed by atoms with Crippen LogP contribution in [0.5, 0.6) is 5.88 Å². The second kappa shape index (κ2) is 8.41. The molecular weight excluding hydrogens is 361 g/mol. The molecule has 0 atom stereocenters. The molecule has 0 fully saturated rings. The lowest BCUT2D eigenvalue weighted by Crippen LogP contribution is -2.07. The summed E-state index contributed by atoms with van der Waals surface area (Å²) in [5.74, 6) is 0.441. The second-order valence-corrected chi connectivity index (χ2v) is 6.48. The summed E-state index contributed by atoms with van der Waals surface area (Å²) in [6.07, 6.45) is 2.81. The van der Waals surface area contributed by atoms with Crippen LogP contribution in [0.2, 0.25) is 0 Å². The summed E-state index contributed by atoms with van der Waals surface area (Å²) in [5, 5.41) is 5.21. The summed E-state index contributed by atoms with van der Waals surface area (Å²) >= 11 is 12.5. The number of allylic oxidation sites excluding steroid dienone is 3. The smallest absolute Gasteiger partial charge is 0.214 e. The Balaban J connectivity index is 2.47.